The number of nitrogens with one attached hydrogen (secondary N) is 1. The summed E-state index contributed by atoms with van der Waals surface area (Å²) < 4.78 is 53.0. The Morgan fingerprint density at radius 1 is 1.12 bits per heavy atom. The lowest BCUT2D eigenvalue weighted by molar-refractivity contribution is -0.138. The van der Waals surface area contributed by atoms with E-state index in [-0.39, 0.29) is 5.56 Å². The normalized spacial score (nSPS) is 11.7. The molecule has 0 fully saturated rings. The van der Waals surface area contributed by atoms with Crippen molar-refractivity contribution in [2.45, 2.75) is 6.18 Å². The van der Waals surface area contributed by atoms with E-state index in [0.29, 0.717) is 17.5 Å². The summed E-state index contributed by atoms with van der Waals surface area (Å²) in [6, 6.07) is 8.38. The lowest BCUT2D eigenvalue weighted by Gasteiger charge is -2.14. The van der Waals surface area contributed by atoms with E-state index in [1.807, 2.05) is 12.1 Å². The van der Waals surface area contributed by atoms with Crippen molar-refractivity contribution in [3.63, 3.8) is 0 Å². The third-order valence-corrected chi connectivity index (χ3v) is 5.15. The van der Waals surface area contributed by atoms with Gasteiger partial charge in [0.1, 0.15) is 5.82 Å². The molecule has 124 valence electrons. The molecule has 1 heterocycles. The minimum absolute atomic E-state index is 0.277. The first-order valence-corrected chi connectivity index (χ1v) is 8.29. The smallest absolute Gasteiger partial charge is 0.318 e. The Kier molecular flexibility index (Phi) is 4.35. The summed E-state index contributed by atoms with van der Waals surface area (Å²) in [7, 11) is 0. The number of fused-ring (bicyclic) bond motifs is 1. The third-order valence-electron chi connectivity index (χ3n) is 3.36. The monoisotopic (exact) mass is 417 g/mol. The van der Waals surface area contributed by atoms with E-state index in [2.05, 4.69) is 21.2 Å². The predicted molar refractivity (Wildman–Crippen MR) is 88.9 cm³/mol. The Bertz CT molecular complexity index is 935. The van der Waals surface area contributed by atoms with Crippen LogP contribution in [-0.2, 0) is 6.18 Å². The Morgan fingerprint density at radius 2 is 1.83 bits per heavy atom. The fourth-order valence-electron chi connectivity index (χ4n) is 2.22. The fraction of sp³-hybridized carbons (Fsp3) is 0.0625. The van der Waals surface area contributed by atoms with E-state index in [4.69, 9.17) is 0 Å². The summed E-state index contributed by atoms with van der Waals surface area (Å²) in [4.78, 5) is 12.4. The van der Waals surface area contributed by atoms with Crippen LogP contribution in [0.4, 0.5) is 23.2 Å². The summed E-state index contributed by atoms with van der Waals surface area (Å²) >= 11 is 4.06. The number of hydrogen-bond donors (Lipinski definition) is 1. The molecular formula is C16H8BrF4NOS. The molecule has 0 atom stereocenters. The Labute approximate surface area is 146 Å². The number of anilines is 1. The maximum absolute atomic E-state index is 13.9. The lowest BCUT2D eigenvalue weighted by atomic mass is 10.1. The van der Waals surface area contributed by atoms with Crippen molar-refractivity contribution in [3.8, 4) is 0 Å². The van der Waals surface area contributed by atoms with Gasteiger partial charge in [0.15, 0.2) is 0 Å². The summed E-state index contributed by atoms with van der Waals surface area (Å²) in [5, 5.41) is 4.47. The molecule has 1 amide bonds. The number of halogens is 5. The van der Waals surface area contributed by atoms with Crippen LogP contribution in [0.1, 0.15) is 15.9 Å². The number of rotatable bonds is 2. The van der Waals surface area contributed by atoms with Crippen LogP contribution in [0.15, 0.2) is 46.3 Å². The van der Waals surface area contributed by atoms with Crippen LogP contribution in [0.25, 0.3) is 10.1 Å². The third kappa shape index (κ3) is 3.03. The average Bonchev–Trinajstić information content (AvgIpc) is 2.94. The van der Waals surface area contributed by atoms with E-state index in [9.17, 15) is 22.4 Å². The van der Waals surface area contributed by atoms with Gasteiger partial charge < -0.3 is 5.32 Å². The van der Waals surface area contributed by atoms with Crippen LogP contribution in [0.2, 0.25) is 0 Å². The van der Waals surface area contributed by atoms with Crippen LogP contribution in [-0.4, -0.2) is 5.91 Å². The molecule has 1 N–H and O–H groups in total. The van der Waals surface area contributed by atoms with Gasteiger partial charge in [-0.25, -0.2) is 4.39 Å². The number of thiophene rings is 1. The topological polar surface area (TPSA) is 29.1 Å². The van der Waals surface area contributed by atoms with E-state index < -0.39 is 33.6 Å². The molecule has 0 spiro atoms. The molecule has 2 aromatic carbocycles. The van der Waals surface area contributed by atoms with Crippen molar-refractivity contribution < 1.29 is 22.4 Å². The molecule has 0 aliphatic heterocycles. The summed E-state index contributed by atoms with van der Waals surface area (Å²) in [5.74, 6) is -1.63. The molecule has 0 saturated heterocycles. The zero-order valence-corrected chi connectivity index (χ0v) is 14.2. The van der Waals surface area contributed by atoms with Gasteiger partial charge >= 0.3 is 6.18 Å². The molecule has 8 heteroatoms. The first-order chi connectivity index (χ1) is 11.3. The van der Waals surface area contributed by atoms with Gasteiger partial charge in [-0.2, -0.15) is 13.2 Å². The largest absolute Gasteiger partial charge is 0.417 e. The molecule has 3 aromatic rings. The molecule has 1 aromatic heterocycles. The van der Waals surface area contributed by atoms with Crippen LogP contribution >= 0.6 is 27.3 Å². The average molecular weight is 418 g/mol. The zero-order chi connectivity index (χ0) is 17.5. The molecule has 0 bridgehead atoms. The number of carbonyl (C=O) groups excluding carboxylic acids is 1. The van der Waals surface area contributed by atoms with Gasteiger partial charge in [-0.05, 0) is 34.1 Å². The van der Waals surface area contributed by atoms with Gasteiger partial charge in [0.05, 0.1) is 21.3 Å². The SMILES string of the molecule is O=C(Nc1c(F)ccc(C(F)(F)F)c1Br)c1csc2ccccc12. The summed E-state index contributed by atoms with van der Waals surface area (Å²) in [6.45, 7) is 0. The van der Waals surface area contributed by atoms with Crippen LogP contribution in [0, 0.1) is 5.82 Å². The van der Waals surface area contributed by atoms with Crippen LogP contribution in [0.3, 0.4) is 0 Å². The van der Waals surface area contributed by atoms with Gasteiger partial charge in [-0.1, -0.05) is 18.2 Å². The van der Waals surface area contributed by atoms with E-state index in [1.165, 1.54) is 11.3 Å². The van der Waals surface area contributed by atoms with Crippen molar-refractivity contribution in [1.29, 1.82) is 0 Å². The van der Waals surface area contributed by atoms with Crippen molar-refractivity contribution in [1.82, 2.24) is 0 Å². The lowest BCUT2D eigenvalue weighted by Crippen LogP contribution is -2.15. The summed E-state index contributed by atoms with van der Waals surface area (Å²) in [6.07, 6.45) is -4.67. The highest BCUT2D eigenvalue weighted by Crippen LogP contribution is 2.40. The van der Waals surface area contributed by atoms with E-state index >= 15 is 0 Å². The fourth-order valence-corrected chi connectivity index (χ4v) is 3.81. The highest BCUT2D eigenvalue weighted by atomic mass is 79.9. The molecule has 24 heavy (non-hydrogen) atoms. The molecule has 0 aliphatic carbocycles. The molecule has 0 radical (unpaired) electrons. The maximum Gasteiger partial charge on any atom is 0.417 e. The number of carbonyl (C=O) groups is 1. The van der Waals surface area contributed by atoms with Gasteiger partial charge in [0.2, 0.25) is 0 Å². The second-order valence-electron chi connectivity index (χ2n) is 4.88. The van der Waals surface area contributed by atoms with Gasteiger partial charge in [-0.15, -0.1) is 11.3 Å². The standard InChI is InChI=1S/C16H8BrF4NOS/c17-13-10(16(19,20)21)5-6-11(18)14(13)22-15(23)9-7-24-12-4-2-1-3-8(9)12/h1-7H,(H,22,23). The van der Waals surface area contributed by atoms with Crippen molar-refractivity contribution in [2.75, 3.05) is 5.32 Å². The minimum atomic E-state index is -4.67. The van der Waals surface area contributed by atoms with Crippen LogP contribution < -0.4 is 5.32 Å². The van der Waals surface area contributed by atoms with E-state index in [1.54, 1.807) is 17.5 Å². The van der Waals surface area contributed by atoms with E-state index in [0.717, 1.165) is 4.70 Å². The second-order valence-corrected chi connectivity index (χ2v) is 6.59. The molecule has 2 nitrogen and oxygen atoms in total. The highest BCUT2D eigenvalue weighted by molar-refractivity contribution is 9.10. The molecule has 0 saturated carbocycles. The maximum atomic E-state index is 13.9. The van der Waals surface area contributed by atoms with Gasteiger partial charge in [-0.3, -0.25) is 4.79 Å². The number of benzene rings is 2. The zero-order valence-electron chi connectivity index (χ0n) is 11.7. The Morgan fingerprint density at radius 3 is 2.54 bits per heavy atom. The first-order valence-electron chi connectivity index (χ1n) is 6.62. The van der Waals surface area contributed by atoms with Crippen LogP contribution in [0.5, 0.6) is 0 Å². The molecule has 3 rings (SSSR count). The second kappa shape index (κ2) is 6.18. The van der Waals surface area contributed by atoms with Crippen molar-refractivity contribution in [3.05, 3.63) is 63.2 Å². The number of amides is 1. The predicted octanol–water partition coefficient (Wildman–Crippen LogP) is 6.07. The van der Waals surface area contributed by atoms with Gasteiger partial charge in [0, 0.05) is 15.5 Å². The number of alkyl halides is 3. The quantitative estimate of drug-likeness (QED) is 0.503. The molecule has 0 aliphatic rings. The Hall–Kier alpha value is -1.93. The summed E-state index contributed by atoms with van der Waals surface area (Å²) in [5.41, 5.74) is -1.32. The Balaban J connectivity index is 2.01. The van der Waals surface area contributed by atoms with Crippen molar-refractivity contribution >= 4 is 48.9 Å². The van der Waals surface area contributed by atoms with Gasteiger partial charge in [0.25, 0.3) is 5.91 Å². The number of hydrogen-bond acceptors (Lipinski definition) is 2. The molecular weight excluding hydrogens is 410 g/mol. The highest BCUT2D eigenvalue weighted by Gasteiger charge is 2.35. The van der Waals surface area contributed by atoms with Crippen molar-refractivity contribution in [2.24, 2.45) is 0 Å². The minimum Gasteiger partial charge on any atom is -0.318 e. The first kappa shape index (κ1) is 16.9. The molecule has 0 unspecified atom stereocenters.